The Kier molecular flexibility index (Phi) is 5.19. The minimum atomic E-state index is -0.690. The van der Waals surface area contributed by atoms with Crippen molar-refractivity contribution in [3.05, 3.63) is 0 Å². The SMILES string of the molecule is CC(C)N1CCOC(CN2CCCC2CC(=O)O)C1. The molecule has 110 valence electrons. The van der Waals surface area contributed by atoms with Crippen molar-refractivity contribution in [1.82, 2.24) is 9.80 Å². The van der Waals surface area contributed by atoms with Crippen molar-refractivity contribution >= 4 is 5.97 Å². The van der Waals surface area contributed by atoms with Crippen molar-refractivity contribution in [3.63, 3.8) is 0 Å². The monoisotopic (exact) mass is 270 g/mol. The van der Waals surface area contributed by atoms with Crippen LogP contribution >= 0.6 is 0 Å². The molecule has 5 heteroatoms. The van der Waals surface area contributed by atoms with E-state index in [2.05, 4.69) is 23.6 Å². The lowest BCUT2D eigenvalue weighted by Crippen LogP contribution is -2.50. The molecule has 2 rings (SSSR count). The van der Waals surface area contributed by atoms with E-state index in [4.69, 9.17) is 9.84 Å². The summed E-state index contributed by atoms with van der Waals surface area (Å²) in [4.78, 5) is 15.6. The van der Waals surface area contributed by atoms with Crippen LogP contribution in [0.3, 0.4) is 0 Å². The number of ether oxygens (including phenoxy) is 1. The number of carbonyl (C=O) groups is 1. The Morgan fingerprint density at radius 1 is 1.42 bits per heavy atom. The van der Waals surface area contributed by atoms with Gasteiger partial charge in [-0.05, 0) is 33.2 Å². The van der Waals surface area contributed by atoms with Gasteiger partial charge in [-0.2, -0.15) is 0 Å². The lowest BCUT2D eigenvalue weighted by atomic mass is 10.1. The number of aliphatic carboxylic acids is 1. The van der Waals surface area contributed by atoms with E-state index in [0.717, 1.165) is 45.6 Å². The van der Waals surface area contributed by atoms with Gasteiger partial charge in [0.1, 0.15) is 0 Å². The number of carboxylic acid groups (broad SMARTS) is 1. The molecule has 1 N–H and O–H groups in total. The van der Waals surface area contributed by atoms with Crippen LogP contribution in [0.4, 0.5) is 0 Å². The highest BCUT2D eigenvalue weighted by atomic mass is 16.5. The lowest BCUT2D eigenvalue weighted by Gasteiger charge is -2.38. The van der Waals surface area contributed by atoms with Gasteiger partial charge in [-0.1, -0.05) is 0 Å². The summed E-state index contributed by atoms with van der Waals surface area (Å²) in [5.41, 5.74) is 0. The molecule has 2 fully saturated rings. The van der Waals surface area contributed by atoms with Gasteiger partial charge >= 0.3 is 5.97 Å². The molecule has 0 bridgehead atoms. The molecule has 19 heavy (non-hydrogen) atoms. The first kappa shape index (κ1) is 14.8. The summed E-state index contributed by atoms with van der Waals surface area (Å²) in [5.74, 6) is -0.690. The Balaban J connectivity index is 1.84. The molecular formula is C14H26N2O3. The van der Waals surface area contributed by atoms with Gasteiger partial charge in [0.25, 0.3) is 0 Å². The van der Waals surface area contributed by atoms with Gasteiger partial charge < -0.3 is 9.84 Å². The van der Waals surface area contributed by atoms with Crippen LogP contribution in [0.15, 0.2) is 0 Å². The summed E-state index contributed by atoms with van der Waals surface area (Å²) in [6.07, 6.45) is 2.61. The van der Waals surface area contributed by atoms with E-state index >= 15 is 0 Å². The molecule has 0 saturated carbocycles. The van der Waals surface area contributed by atoms with Crippen LogP contribution in [-0.4, -0.2) is 71.8 Å². The normalized spacial score (nSPS) is 30.1. The number of hydrogen-bond acceptors (Lipinski definition) is 4. The fraction of sp³-hybridized carbons (Fsp3) is 0.929. The molecule has 0 aromatic heterocycles. The first-order chi connectivity index (χ1) is 9.06. The van der Waals surface area contributed by atoms with Crippen molar-refractivity contribution in [1.29, 1.82) is 0 Å². The first-order valence-electron chi connectivity index (χ1n) is 7.37. The summed E-state index contributed by atoms with van der Waals surface area (Å²) >= 11 is 0. The third-order valence-electron chi connectivity index (χ3n) is 4.25. The minimum Gasteiger partial charge on any atom is -0.481 e. The second-order valence-corrected chi connectivity index (χ2v) is 5.97. The molecule has 0 aliphatic carbocycles. The standard InChI is InChI=1S/C14H26N2O3/c1-11(2)15-6-7-19-13(9-15)10-16-5-3-4-12(16)8-14(17)18/h11-13H,3-10H2,1-2H3,(H,17,18). The van der Waals surface area contributed by atoms with E-state index in [-0.39, 0.29) is 18.6 Å². The Morgan fingerprint density at radius 3 is 2.89 bits per heavy atom. The van der Waals surface area contributed by atoms with Crippen molar-refractivity contribution in [2.75, 3.05) is 32.8 Å². The van der Waals surface area contributed by atoms with E-state index in [1.165, 1.54) is 0 Å². The number of hydrogen-bond donors (Lipinski definition) is 1. The molecule has 2 heterocycles. The zero-order valence-corrected chi connectivity index (χ0v) is 12.0. The van der Waals surface area contributed by atoms with Gasteiger partial charge in [-0.15, -0.1) is 0 Å². The molecule has 2 saturated heterocycles. The number of morpholine rings is 1. The summed E-state index contributed by atoms with van der Waals surface area (Å²) in [5, 5.41) is 8.95. The third kappa shape index (κ3) is 4.16. The maximum absolute atomic E-state index is 10.9. The fourth-order valence-corrected chi connectivity index (χ4v) is 3.15. The van der Waals surface area contributed by atoms with E-state index in [0.29, 0.717) is 6.04 Å². The molecule has 0 aromatic rings. The second-order valence-electron chi connectivity index (χ2n) is 5.97. The van der Waals surface area contributed by atoms with Crippen LogP contribution in [0.25, 0.3) is 0 Å². The van der Waals surface area contributed by atoms with Gasteiger partial charge in [0.15, 0.2) is 0 Å². The van der Waals surface area contributed by atoms with Crippen LogP contribution in [0, 0.1) is 0 Å². The van der Waals surface area contributed by atoms with Crippen LogP contribution in [0.1, 0.15) is 33.1 Å². The molecule has 0 amide bonds. The smallest absolute Gasteiger partial charge is 0.304 e. The number of carboxylic acids is 1. The average molecular weight is 270 g/mol. The predicted octanol–water partition coefficient (Wildman–Crippen LogP) is 1.03. The van der Waals surface area contributed by atoms with E-state index < -0.39 is 5.97 Å². The van der Waals surface area contributed by atoms with E-state index in [9.17, 15) is 4.79 Å². The van der Waals surface area contributed by atoms with Gasteiger partial charge in [0, 0.05) is 31.7 Å². The largest absolute Gasteiger partial charge is 0.481 e. The Labute approximate surface area is 115 Å². The number of nitrogens with zero attached hydrogens (tertiary/aromatic N) is 2. The highest BCUT2D eigenvalue weighted by Crippen LogP contribution is 2.21. The predicted molar refractivity (Wildman–Crippen MR) is 73.3 cm³/mol. The van der Waals surface area contributed by atoms with Gasteiger partial charge in [0.05, 0.1) is 19.1 Å². The van der Waals surface area contributed by atoms with Crippen LogP contribution in [0.2, 0.25) is 0 Å². The van der Waals surface area contributed by atoms with Crippen LogP contribution in [-0.2, 0) is 9.53 Å². The molecule has 0 spiro atoms. The quantitative estimate of drug-likeness (QED) is 0.809. The van der Waals surface area contributed by atoms with Gasteiger partial charge in [-0.25, -0.2) is 0 Å². The van der Waals surface area contributed by atoms with Gasteiger partial charge in [-0.3, -0.25) is 14.6 Å². The summed E-state index contributed by atoms with van der Waals surface area (Å²) in [6, 6.07) is 0.760. The molecule has 2 aliphatic heterocycles. The molecule has 2 atom stereocenters. The first-order valence-corrected chi connectivity index (χ1v) is 7.37. The summed E-state index contributed by atoms with van der Waals surface area (Å²) in [7, 11) is 0. The Bertz CT molecular complexity index is 309. The Morgan fingerprint density at radius 2 is 2.21 bits per heavy atom. The number of likely N-dealkylation sites (tertiary alicyclic amines) is 1. The zero-order chi connectivity index (χ0) is 13.8. The highest BCUT2D eigenvalue weighted by Gasteiger charge is 2.31. The highest BCUT2D eigenvalue weighted by molar-refractivity contribution is 5.67. The molecule has 2 aliphatic rings. The maximum atomic E-state index is 10.9. The molecule has 0 radical (unpaired) electrons. The fourth-order valence-electron chi connectivity index (χ4n) is 3.15. The van der Waals surface area contributed by atoms with Gasteiger partial charge in [0.2, 0.25) is 0 Å². The third-order valence-corrected chi connectivity index (χ3v) is 4.25. The summed E-state index contributed by atoms with van der Waals surface area (Å²) in [6.45, 7) is 9.08. The second kappa shape index (κ2) is 6.68. The molecule has 5 nitrogen and oxygen atoms in total. The maximum Gasteiger partial charge on any atom is 0.304 e. The van der Waals surface area contributed by atoms with Crippen molar-refractivity contribution < 1.29 is 14.6 Å². The van der Waals surface area contributed by atoms with Crippen molar-refractivity contribution in [2.45, 2.75) is 51.3 Å². The molecule has 0 aromatic carbocycles. The van der Waals surface area contributed by atoms with Crippen molar-refractivity contribution in [3.8, 4) is 0 Å². The van der Waals surface area contributed by atoms with Crippen LogP contribution < -0.4 is 0 Å². The number of rotatable bonds is 5. The summed E-state index contributed by atoms with van der Waals surface area (Å²) < 4.78 is 5.84. The zero-order valence-electron chi connectivity index (χ0n) is 12.0. The lowest BCUT2D eigenvalue weighted by molar-refractivity contribution is -0.138. The minimum absolute atomic E-state index is 0.204. The molecular weight excluding hydrogens is 244 g/mol. The van der Waals surface area contributed by atoms with Crippen LogP contribution in [0.5, 0.6) is 0 Å². The van der Waals surface area contributed by atoms with E-state index in [1.54, 1.807) is 0 Å². The molecule has 2 unspecified atom stereocenters. The topological polar surface area (TPSA) is 53.0 Å². The van der Waals surface area contributed by atoms with E-state index in [1.807, 2.05) is 0 Å². The Hall–Kier alpha value is -0.650. The van der Waals surface area contributed by atoms with Crippen molar-refractivity contribution in [2.24, 2.45) is 0 Å². The average Bonchev–Trinajstić information content (AvgIpc) is 2.76.